The maximum absolute atomic E-state index is 6.04. The first-order valence-corrected chi connectivity index (χ1v) is 6.53. The fourth-order valence-corrected chi connectivity index (χ4v) is 2.77. The van der Waals surface area contributed by atoms with E-state index in [4.69, 9.17) is 4.74 Å². The summed E-state index contributed by atoms with van der Waals surface area (Å²) in [5.41, 5.74) is 2.56. The molecule has 1 aromatic carbocycles. The van der Waals surface area contributed by atoms with Crippen LogP contribution in [-0.4, -0.2) is 19.3 Å². The van der Waals surface area contributed by atoms with Gasteiger partial charge < -0.3 is 10.1 Å². The maximum Gasteiger partial charge on any atom is 0.0848 e. The van der Waals surface area contributed by atoms with Gasteiger partial charge in [-0.05, 0) is 45.7 Å². The first-order chi connectivity index (χ1) is 8.15. The second kappa shape index (κ2) is 5.19. The summed E-state index contributed by atoms with van der Waals surface area (Å²) in [5.74, 6) is 0. The van der Waals surface area contributed by atoms with Gasteiger partial charge in [0.25, 0.3) is 0 Å². The Kier molecular flexibility index (Phi) is 3.85. The van der Waals surface area contributed by atoms with Crippen molar-refractivity contribution in [2.24, 2.45) is 0 Å². The van der Waals surface area contributed by atoms with E-state index in [-0.39, 0.29) is 11.6 Å². The molecular weight excluding hydrogens is 210 g/mol. The quantitative estimate of drug-likeness (QED) is 0.865. The molecule has 2 atom stereocenters. The third kappa shape index (κ3) is 2.70. The molecule has 0 saturated carbocycles. The first-order valence-electron chi connectivity index (χ1n) is 6.53. The Morgan fingerprint density at radius 2 is 1.94 bits per heavy atom. The predicted molar refractivity (Wildman–Crippen MR) is 71.2 cm³/mol. The first kappa shape index (κ1) is 12.6. The van der Waals surface area contributed by atoms with Gasteiger partial charge in [-0.3, -0.25) is 0 Å². The van der Waals surface area contributed by atoms with Crippen molar-refractivity contribution in [2.45, 2.75) is 44.8 Å². The Hall–Kier alpha value is -0.860. The SMILES string of the molecule is CNC(c1ccc(C)cc1)C1(C)CCCCO1. The van der Waals surface area contributed by atoms with E-state index in [0.717, 1.165) is 13.0 Å². The van der Waals surface area contributed by atoms with Gasteiger partial charge in [-0.25, -0.2) is 0 Å². The van der Waals surface area contributed by atoms with Crippen LogP contribution in [0.3, 0.4) is 0 Å². The van der Waals surface area contributed by atoms with Gasteiger partial charge in [-0.2, -0.15) is 0 Å². The zero-order valence-corrected chi connectivity index (χ0v) is 11.1. The van der Waals surface area contributed by atoms with Crippen LogP contribution in [0.2, 0.25) is 0 Å². The summed E-state index contributed by atoms with van der Waals surface area (Å²) < 4.78 is 6.04. The predicted octanol–water partition coefficient (Wildman–Crippen LogP) is 3.21. The molecule has 2 unspecified atom stereocenters. The Bertz CT molecular complexity index is 352. The summed E-state index contributed by atoms with van der Waals surface area (Å²) in [6, 6.07) is 9.04. The van der Waals surface area contributed by atoms with Crippen LogP contribution in [0.5, 0.6) is 0 Å². The van der Waals surface area contributed by atoms with Crippen LogP contribution in [0.1, 0.15) is 43.4 Å². The molecule has 0 aliphatic carbocycles. The Balaban J connectivity index is 2.22. The third-order valence-corrected chi connectivity index (χ3v) is 3.81. The van der Waals surface area contributed by atoms with Gasteiger partial charge in [0, 0.05) is 6.61 Å². The van der Waals surface area contributed by atoms with E-state index in [0.29, 0.717) is 0 Å². The van der Waals surface area contributed by atoms with E-state index in [1.54, 1.807) is 0 Å². The van der Waals surface area contributed by atoms with Gasteiger partial charge in [-0.15, -0.1) is 0 Å². The normalized spacial score (nSPS) is 26.8. The maximum atomic E-state index is 6.04. The molecule has 17 heavy (non-hydrogen) atoms. The average Bonchev–Trinajstić information content (AvgIpc) is 2.33. The highest BCUT2D eigenvalue weighted by Gasteiger charge is 2.36. The van der Waals surface area contributed by atoms with Gasteiger partial charge in [0.1, 0.15) is 0 Å². The van der Waals surface area contributed by atoms with Crippen molar-refractivity contribution in [3.8, 4) is 0 Å². The summed E-state index contributed by atoms with van der Waals surface area (Å²) in [7, 11) is 2.02. The van der Waals surface area contributed by atoms with Gasteiger partial charge >= 0.3 is 0 Å². The molecule has 2 nitrogen and oxygen atoms in total. The highest BCUT2D eigenvalue weighted by molar-refractivity contribution is 5.26. The summed E-state index contributed by atoms with van der Waals surface area (Å²) in [4.78, 5) is 0. The molecule has 94 valence electrons. The van der Waals surface area contributed by atoms with E-state index in [2.05, 4.69) is 43.4 Å². The molecule has 1 aliphatic heterocycles. The minimum absolute atomic E-state index is 0.0672. The molecule has 0 radical (unpaired) electrons. The van der Waals surface area contributed by atoms with Gasteiger partial charge in [0.15, 0.2) is 0 Å². The van der Waals surface area contributed by atoms with E-state index in [9.17, 15) is 0 Å². The van der Waals surface area contributed by atoms with Crippen molar-refractivity contribution >= 4 is 0 Å². The van der Waals surface area contributed by atoms with Gasteiger partial charge in [-0.1, -0.05) is 29.8 Å². The largest absolute Gasteiger partial charge is 0.373 e. The van der Waals surface area contributed by atoms with Crippen molar-refractivity contribution in [1.82, 2.24) is 5.32 Å². The average molecular weight is 233 g/mol. The third-order valence-electron chi connectivity index (χ3n) is 3.81. The molecular formula is C15H23NO. The van der Waals surface area contributed by atoms with E-state index in [1.165, 1.54) is 24.0 Å². The molecule has 0 spiro atoms. The van der Waals surface area contributed by atoms with Gasteiger partial charge in [0.2, 0.25) is 0 Å². The van der Waals surface area contributed by atoms with Crippen molar-refractivity contribution in [1.29, 1.82) is 0 Å². The smallest absolute Gasteiger partial charge is 0.0848 e. The van der Waals surface area contributed by atoms with Crippen molar-refractivity contribution < 1.29 is 4.74 Å². The van der Waals surface area contributed by atoms with E-state index >= 15 is 0 Å². The van der Waals surface area contributed by atoms with Crippen LogP contribution in [0.25, 0.3) is 0 Å². The van der Waals surface area contributed by atoms with Crippen molar-refractivity contribution in [3.05, 3.63) is 35.4 Å². The number of benzene rings is 1. The Morgan fingerprint density at radius 1 is 1.24 bits per heavy atom. The van der Waals surface area contributed by atoms with E-state index in [1.807, 2.05) is 7.05 Å². The lowest BCUT2D eigenvalue weighted by Gasteiger charge is -2.40. The number of likely N-dealkylation sites (N-methyl/N-ethyl adjacent to an activating group) is 1. The fourth-order valence-electron chi connectivity index (χ4n) is 2.77. The van der Waals surface area contributed by atoms with Crippen LogP contribution >= 0.6 is 0 Å². The number of ether oxygens (including phenoxy) is 1. The zero-order chi connectivity index (χ0) is 12.3. The topological polar surface area (TPSA) is 21.3 Å². The van der Waals surface area contributed by atoms with Gasteiger partial charge in [0.05, 0.1) is 11.6 Å². The summed E-state index contributed by atoms with van der Waals surface area (Å²) in [6.07, 6.45) is 3.59. The molecule has 0 amide bonds. The number of hydrogen-bond acceptors (Lipinski definition) is 2. The molecule has 1 fully saturated rings. The number of nitrogens with one attached hydrogen (secondary N) is 1. The molecule has 1 heterocycles. The van der Waals surface area contributed by atoms with E-state index < -0.39 is 0 Å². The number of hydrogen-bond donors (Lipinski definition) is 1. The second-order valence-electron chi connectivity index (χ2n) is 5.25. The highest BCUT2D eigenvalue weighted by Crippen LogP contribution is 2.36. The van der Waals surface area contributed by atoms with Crippen LogP contribution in [-0.2, 0) is 4.74 Å². The second-order valence-corrected chi connectivity index (χ2v) is 5.25. The minimum atomic E-state index is -0.0672. The molecule has 1 N–H and O–H groups in total. The summed E-state index contributed by atoms with van der Waals surface area (Å²) in [6.45, 7) is 5.24. The lowest BCUT2D eigenvalue weighted by Crippen LogP contribution is -2.44. The highest BCUT2D eigenvalue weighted by atomic mass is 16.5. The molecule has 2 heteroatoms. The summed E-state index contributed by atoms with van der Waals surface area (Å²) in [5, 5.41) is 3.42. The Labute approximate surface area is 104 Å². The lowest BCUT2D eigenvalue weighted by molar-refractivity contribution is -0.0884. The Morgan fingerprint density at radius 3 is 2.47 bits per heavy atom. The molecule has 2 rings (SSSR count). The van der Waals surface area contributed by atoms with Crippen LogP contribution in [0.4, 0.5) is 0 Å². The lowest BCUT2D eigenvalue weighted by atomic mass is 9.84. The molecule has 1 saturated heterocycles. The van der Waals surface area contributed by atoms with Crippen molar-refractivity contribution in [3.63, 3.8) is 0 Å². The standard InChI is InChI=1S/C15H23NO/c1-12-6-8-13(9-7-12)14(16-3)15(2)10-4-5-11-17-15/h6-9,14,16H,4-5,10-11H2,1-3H3. The molecule has 0 bridgehead atoms. The van der Waals surface area contributed by atoms with Crippen molar-refractivity contribution in [2.75, 3.05) is 13.7 Å². The summed E-state index contributed by atoms with van der Waals surface area (Å²) >= 11 is 0. The minimum Gasteiger partial charge on any atom is -0.373 e. The monoisotopic (exact) mass is 233 g/mol. The van der Waals surface area contributed by atoms with Crippen LogP contribution in [0.15, 0.2) is 24.3 Å². The van der Waals surface area contributed by atoms with Crippen LogP contribution < -0.4 is 5.32 Å². The molecule has 1 aromatic rings. The molecule has 0 aromatic heterocycles. The van der Waals surface area contributed by atoms with Crippen LogP contribution in [0, 0.1) is 6.92 Å². The molecule has 1 aliphatic rings. The number of aryl methyl sites for hydroxylation is 1. The zero-order valence-electron chi connectivity index (χ0n) is 11.1. The fraction of sp³-hybridized carbons (Fsp3) is 0.600. The number of rotatable bonds is 3.